The summed E-state index contributed by atoms with van der Waals surface area (Å²) in [6, 6.07) is 7.60. The number of hydrogen-bond donors (Lipinski definition) is 2. The van der Waals surface area contributed by atoms with Crippen molar-refractivity contribution in [1.29, 1.82) is 0 Å². The fourth-order valence-electron chi connectivity index (χ4n) is 2.32. The SMILES string of the molecule is O=C(CCc1nnc(-c2ccc(F)c(Cl)c2)[nH]c1=O)NCc1cccnc1. The molecule has 0 aliphatic carbocycles. The summed E-state index contributed by atoms with van der Waals surface area (Å²) in [4.78, 5) is 30.6. The van der Waals surface area contributed by atoms with E-state index in [1.807, 2.05) is 6.07 Å². The van der Waals surface area contributed by atoms with Crippen LogP contribution >= 0.6 is 11.6 Å². The van der Waals surface area contributed by atoms with E-state index in [4.69, 9.17) is 11.6 Å². The molecule has 0 unspecified atom stereocenters. The van der Waals surface area contributed by atoms with E-state index >= 15 is 0 Å². The molecule has 0 atom stereocenters. The molecule has 0 bridgehead atoms. The van der Waals surface area contributed by atoms with E-state index < -0.39 is 11.4 Å². The van der Waals surface area contributed by atoms with Crippen LogP contribution in [0.4, 0.5) is 4.39 Å². The van der Waals surface area contributed by atoms with Crippen molar-refractivity contribution in [3.05, 3.63) is 75.2 Å². The number of carbonyl (C=O) groups is 1. The number of hydrogen-bond acceptors (Lipinski definition) is 5. The summed E-state index contributed by atoms with van der Waals surface area (Å²) in [5.74, 6) is -0.606. The van der Waals surface area contributed by atoms with Crippen molar-refractivity contribution in [2.75, 3.05) is 0 Å². The fraction of sp³-hybridized carbons (Fsp3) is 0.167. The minimum atomic E-state index is -0.565. The summed E-state index contributed by atoms with van der Waals surface area (Å²) in [6.45, 7) is 0.360. The third-order valence-electron chi connectivity index (χ3n) is 3.76. The van der Waals surface area contributed by atoms with Crippen LogP contribution in [0.1, 0.15) is 17.7 Å². The van der Waals surface area contributed by atoms with Crippen molar-refractivity contribution in [2.24, 2.45) is 0 Å². The monoisotopic (exact) mass is 387 g/mol. The van der Waals surface area contributed by atoms with Gasteiger partial charge in [-0.1, -0.05) is 17.7 Å². The van der Waals surface area contributed by atoms with Gasteiger partial charge in [0.1, 0.15) is 11.5 Å². The molecular weight excluding hydrogens is 373 g/mol. The molecule has 3 aromatic rings. The Labute approximate surface area is 158 Å². The molecule has 0 saturated carbocycles. The molecule has 9 heteroatoms. The molecule has 0 aliphatic rings. The zero-order valence-electron chi connectivity index (χ0n) is 14.1. The average Bonchev–Trinajstić information content (AvgIpc) is 2.68. The summed E-state index contributed by atoms with van der Waals surface area (Å²) in [5, 5.41) is 10.5. The number of nitrogens with one attached hydrogen (secondary N) is 2. The van der Waals surface area contributed by atoms with E-state index in [9.17, 15) is 14.0 Å². The summed E-state index contributed by atoms with van der Waals surface area (Å²) in [5.41, 5.74) is 1.00. The van der Waals surface area contributed by atoms with Gasteiger partial charge in [-0.05, 0) is 29.8 Å². The van der Waals surface area contributed by atoms with Crippen LogP contribution in [0.15, 0.2) is 47.5 Å². The Balaban J connectivity index is 1.60. The van der Waals surface area contributed by atoms with Crippen LogP contribution in [-0.4, -0.2) is 26.1 Å². The minimum Gasteiger partial charge on any atom is -0.352 e. The van der Waals surface area contributed by atoms with E-state index in [0.29, 0.717) is 12.1 Å². The summed E-state index contributed by atoms with van der Waals surface area (Å²) in [7, 11) is 0. The normalized spacial score (nSPS) is 10.6. The van der Waals surface area contributed by atoms with Gasteiger partial charge in [-0.25, -0.2) is 4.39 Å². The lowest BCUT2D eigenvalue weighted by Crippen LogP contribution is -2.25. The van der Waals surface area contributed by atoms with Gasteiger partial charge in [0.25, 0.3) is 5.56 Å². The Morgan fingerprint density at radius 3 is 2.81 bits per heavy atom. The van der Waals surface area contributed by atoms with Gasteiger partial charge in [-0.2, -0.15) is 0 Å². The summed E-state index contributed by atoms with van der Waals surface area (Å²) in [6.07, 6.45) is 3.56. The van der Waals surface area contributed by atoms with E-state index in [2.05, 4.69) is 25.5 Å². The lowest BCUT2D eigenvalue weighted by atomic mass is 10.2. The first-order valence-electron chi connectivity index (χ1n) is 8.10. The number of aryl methyl sites for hydroxylation is 1. The van der Waals surface area contributed by atoms with Crippen molar-refractivity contribution < 1.29 is 9.18 Å². The van der Waals surface area contributed by atoms with Gasteiger partial charge in [0.15, 0.2) is 5.82 Å². The second-order valence-electron chi connectivity index (χ2n) is 5.72. The summed E-state index contributed by atoms with van der Waals surface area (Å²) >= 11 is 5.73. The Morgan fingerprint density at radius 2 is 2.11 bits per heavy atom. The predicted octanol–water partition coefficient (Wildman–Crippen LogP) is 2.27. The molecular formula is C18H15ClFN5O2. The number of benzene rings is 1. The Hall–Kier alpha value is -3.13. The predicted molar refractivity (Wildman–Crippen MR) is 97.5 cm³/mol. The van der Waals surface area contributed by atoms with Crippen LogP contribution in [0, 0.1) is 5.82 Å². The second-order valence-corrected chi connectivity index (χ2v) is 6.12. The summed E-state index contributed by atoms with van der Waals surface area (Å²) < 4.78 is 13.2. The highest BCUT2D eigenvalue weighted by Gasteiger charge is 2.11. The number of aromatic nitrogens is 4. The van der Waals surface area contributed by atoms with Crippen LogP contribution in [0.5, 0.6) is 0 Å². The van der Waals surface area contributed by atoms with Gasteiger partial charge in [-0.3, -0.25) is 14.6 Å². The molecule has 3 rings (SSSR count). The van der Waals surface area contributed by atoms with Crippen LogP contribution in [0.25, 0.3) is 11.4 Å². The molecule has 7 nitrogen and oxygen atoms in total. The number of H-pyrrole nitrogens is 1. The van der Waals surface area contributed by atoms with Gasteiger partial charge >= 0.3 is 0 Å². The molecule has 0 spiro atoms. The van der Waals surface area contributed by atoms with Crippen LogP contribution < -0.4 is 10.9 Å². The molecule has 2 aromatic heterocycles. The van der Waals surface area contributed by atoms with Gasteiger partial charge in [-0.15, -0.1) is 10.2 Å². The van der Waals surface area contributed by atoms with Gasteiger partial charge in [0, 0.05) is 37.3 Å². The molecule has 0 aliphatic heterocycles. The molecule has 2 heterocycles. The Bertz CT molecular complexity index is 1010. The molecule has 0 fully saturated rings. The highest BCUT2D eigenvalue weighted by Crippen LogP contribution is 2.21. The maximum absolute atomic E-state index is 13.2. The first kappa shape index (κ1) is 18.7. The number of carbonyl (C=O) groups excluding carboxylic acids is 1. The third kappa shape index (κ3) is 4.95. The zero-order chi connectivity index (χ0) is 19.2. The van der Waals surface area contributed by atoms with Gasteiger partial charge < -0.3 is 10.3 Å². The lowest BCUT2D eigenvalue weighted by molar-refractivity contribution is -0.121. The first-order chi connectivity index (χ1) is 13.0. The molecule has 0 saturated heterocycles. The molecule has 2 N–H and O–H groups in total. The standard InChI is InChI=1S/C18H15ClFN5O2/c19-13-8-12(3-4-14(13)20)17-23-18(27)15(24-25-17)5-6-16(26)22-10-11-2-1-7-21-9-11/h1-4,7-9H,5-6,10H2,(H,22,26)(H,23,25,27). The number of aromatic amines is 1. The highest BCUT2D eigenvalue weighted by molar-refractivity contribution is 6.31. The number of nitrogens with zero attached hydrogens (tertiary/aromatic N) is 3. The fourth-order valence-corrected chi connectivity index (χ4v) is 2.50. The number of halogens is 2. The number of amides is 1. The number of rotatable bonds is 6. The van der Waals surface area contributed by atoms with E-state index in [0.717, 1.165) is 5.56 Å². The van der Waals surface area contributed by atoms with Gasteiger partial charge in [0.05, 0.1) is 5.02 Å². The molecule has 1 aromatic carbocycles. The molecule has 27 heavy (non-hydrogen) atoms. The average molecular weight is 388 g/mol. The van der Waals surface area contributed by atoms with E-state index in [1.165, 1.54) is 18.2 Å². The smallest absolute Gasteiger partial charge is 0.273 e. The van der Waals surface area contributed by atoms with Crippen LogP contribution in [-0.2, 0) is 17.8 Å². The van der Waals surface area contributed by atoms with Crippen molar-refractivity contribution in [3.8, 4) is 11.4 Å². The van der Waals surface area contributed by atoms with E-state index in [-0.39, 0.29) is 35.3 Å². The van der Waals surface area contributed by atoms with Crippen molar-refractivity contribution in [3.63, 3.8) is 0 Å². The zero-order valence-corrected chi connectivity index (χ0v) is 14.8. The third-order valence-corrected chi connectivity index (χ3v) is 4.05. The van der Waals surface area contributed by atoms with Crippen molar-refractivity contribution >= 4 is 17.5 Å². The van der Waals surface area contributed by atoms with Gasteiger partial charge in [0.2, 0.25) is 5.91 Å². The van der Waals surface area contributed by atoms with Crippen molar-refractivity contribution in [1.82, 2.24) is 25.5 Å². The Kier molecular flexibility index (Phi) is 5.87. The van der Waals surface area contributed by atoms with Crippen LogP contribution in [0.3, 0.4) is 0 Å². The maximum atomic E-state index is 13.2. The molecule has 1 amide bonds. The second kappa shape index (κ2) is 8.50. The minimum absolute atomic E-state index is 0.0792. The Morgan fingerprint density at radius 1 is 1.26 bits per heavy atom. The lowest BCUT2D eigenvalue weighted by Gasteiger charge is -2.05. The number of pyridine rings is 1. The first-order valence-corrected chi connectivity index (χ1v) is 8.47. The highest BCUT2D eigenvalue weighted by atomic mass is 35.5. The largest absolute Gasteiger partial charge is 0.352 e. The maximum Gasteiger partial charge on any atom is 0.273 e. The van der Waals surface area contributed by atoms with Crippen LogP contribution in [0.2, 0.25) is 5.02 Å². The topological polar surface area (TPSA) is 101 Å². The van der Waals surface area contributed by atoms with Crippen molar-refractivity contribution in [2.45, 2.75) is 19.4 Å². The quantitative estimate of drug-likeness (QED) is 0.675. The molecule has 138 valence electrons. The van der Waals surface area contributed by atoms with E-state index in [1.54, 1.807) is 18.5 Å². The molecule has 0 radical (unpaired) electrons.